The van der Waals surface area contributed by atoms with Crippen molar-refractivity contribution in [1.82, 2.24) is 30.7 Å². The van der Waals surface area contributed by atoms with Crippen molar-refractivity contribution in [2.45, 2.75) is 13.8 Å². The number of methoxy groups -OCH3 is 1. The highest BCUT2D eigenvalue weighted by molar-refractivity contribution is 5.99. The molecule has 0 saturated carbocycles. The van der Waals surface area contributed by atoms with Gasteiger partial charge in [0.2, 0.25) is 11.6 Å². The maximum atomic E-state index is 13.0. The number of anilines is 2. The van der Waals surface area contributed by atoms with Crippen LogP contribution in [0.1, 0.15) is 29.9 Å². The largest absolute Gasteiger partial charge is 0.497 e. The molecule has 0 aliphatic rings. The summed E-state index contributed by atoms with van der Waals surface area (Å²) in [5.41, 5.74) is 11.2. The molecule has 2 heterocycles. The molecule has 0 radical (unpaired) electrons. The standard InChI is InChI=1S/C23H25N9O3/c1-4-31(5-2)17-11-9-15(10-12-17)14-25-27-23(33)19-20(16-7-6-8-18(13-16)34-3)32(30-26-19)22-21(24)28-35-29-22/h6-14H,4-5H2,1-3H3,(H2,24,28)(H,27,33). The van der Waals surface area contributed by atoms with Gasteiger partial charge in [-0.1, -0.05) is 29.5 Å². The Hall–Kier alpha value is -4.74. The summed E-state index contributed by atoms with van der Waals surface area (Å²) < 4.78 is 11.3. The van der Waals surface area contributed by atoms with E-state index in [0.29, 0.717) is 17.0 Å². The highest BCUT2D eigenvalue weighted by Gasteiger charge is 2.25. The molecule has 12 heteroatoms. The molecule has 1 amide bonds. The number of rotatable bonds is 9. The molecule has 0 saturated heterocycles. The number of hydrazone groups is 1. The lowest BCUT2D eigenvalue weighted by atomic mass is 10.1. The van der Waals surface area contributed by atoms with Crippen molar-refractivity contribution in [3.63, 3.8) is 0 Å². The van der Waals surface area contributed by atoms with Crippen molar-refractivity contribution in [3.05, 3.63) is 59.8 Å². The van der Waals surface area contributed by atoms with E-state index >= 15 is 0 Å². The molecule has 4 rings (SSSR count). The number of carbonyl (C=O) groups is 1. The zero-order valence-corrected chi connectivity index (χ0v) is 19.5. The molecule has 0 atom stereocenters. The van der Waals surface area contributed by atoms with Crippen molar-refractivity contribution >= 4 is 23.6 Å². The molecule has 3 N–H and O–H groups in total. The van der Waals surface area contributed by atoms with E-state index in [1.165, 1.54) is 4.68 Å². The zero-order chi connectivity index (χ0) is 24.8. The average molecular weight is 476 g/mol. The van der Waals surface area contributed by atoms with Gasteiger partial charge in [0.25, 0.3) is 5.91 Å². The number of aromatic nitrogens is 5. The average Bonchev–Trinajstić information content (AvgIpc) is 3.51. The van der Waals surface area contributed by atoms with E-state index in [9.17, 15) is 4.79 Å². The minimum atomic E-state index is -0.569. The Balaban J connectivity index is 1.60. The van der Waals surface area contributed by atoms with Gasteiger partial charge in [0.1, 0.15) is 11.4 Å². The normalized spacial score (nSPS) is 11.1. The van der Waals surface area contributed by atoms with Gasteiger partial charge < -0.3 is 15.4 Å². The Morgan fingerprint density at radius 3 is 2.63 bits per heavy atom. The van der Waals surface area contributed by atoms with Gasteiger partial charge in [-0.25, -0.2) is 10.1 Å². The molecule has 12 nitrogen and oxygen atoms in total. The molecule has 35 heavy (non-hydrogen) atoms. The zero-order valence-electron chi connectivity index (χ0n) is 19.5. The van der Waals surface area contributed by atoms with Crippen LogP contribution in [-0.2, 0) is 0 Å². The third-order valence-corrected chi connectivity index (χ3v) is 5.33. The fraction of sp³-hybridized carbons (Fsp3) is 0.217. The first-order chi connectivity index (χ1) is 17.0. The fourth-order valence-corrected chi connectivity index (χ4v) is 3.53. The second-order valence-electron chi connectivity index (χ2n) is 7.37. The minimum Gasteiger partial charge on any atom is -0.497 e. The summed E-state index contributed by atoms with van der Waals surface area (Å²) in [5, 5.41) is 19.5. The Morgan fingerprint density at radius 2 is 1.97 bits per heavy atom. The highest BCUT2D eigenvalue weighted by atomic mass is 16.6. The van der Waals surface area contributed by atoms with Gasteiger partial charge in [0.05, 0.1) is 13.3 Å². The van der Waals surface area contributed by atoms with Crippen LogP contribution in [0.25, 0.3) is 17.1 Å². The third kappa shape index (κ3) is 4.95. The predicted molar refractivity (Wildman–Crippen MR) is 131 cm³/mol. The van der Waals surface area contributed by atoms with Gasteiger partial charge in [0, 0.05) is 24.3 Å². The topological polar surface area (TPSA) is 150 Å². The van der Waals surface area contributed by atoms with Crippen LogP contribution in [0.5, 0.6) is 5.75 Å². The van der Waals surface area contributed by atoms with Gasteiger partial charge in [-0.2, -0.15) is 9.78 Å². The number of nitrogens with zero attached hydrogens (tertiary/aromatic N) is 7. The lowest BCUT2D eigenvalue weighted by molar-refractivity contribution is 0.0950. The molecule has 0 bridgehead atoms. The van der Waals surface area contributed by atoms with Crippen LogP contribution in [0.15, 0.2) is 58.3 Å². The number of amides is 1. The summed E-state index contributed by atoms with van der Waals surface area (Å²) in [6.45, 7) is 6.06. The van der Waals surface area contributed by atoms with E-state index in [2.05, 4.69) is 49.9 Å². The van der Waals surface area contributed by atoms with Crippen molar-refractivity contribution in [3.8, 4) is 22.8 Å². The molecule has 2 aromatic heterocycles. The van der Waals surface area contributed by atoms with Crippen LogP contribution in [0.2, 0.25) is 0 Å². The van der Waals surface area contributed by atoms with E-state index in [1.54, 1.807) is 37.6 Å². The lowest BCUT2D eigenvalue weighted by Gasteiger charge is -2.20. The second-order valence-corrected chi connectivity index (χ2v) is 7.37. The summed E-state index contributed by atoms with van der Waals surface area (Å²) in [5.74, 6) is 0.113. The Bertz CT molecular complexity index is 1320. The van der Waals surface area contributed by atoms with Crippen molar-refractivity contribution in [2.75, 3.05) is 30.8 Å². The molecular weight excluding hydrogens is 450 g/mol. The Morgan fingerprint density at radius 1 is 1.20 bits per heavy atom. The van der Waals surface area contributed by atoms with Gasteiger partial charge >= 0.3 is 0 Å². The van der Waals surface area contributed by atoms with Gasteiger partial charge in [-0.3, -0.25) is 4.79 Å². The molecule has 0 unspecified atom stereocenters. The van der Waals surface area contributed by atoms with Gasteiger partial charge in [-0.05, 0) is 54.0 Å². The minimum absolute atomic E-state index is 0.00261. The van der Waals surface area contributed by atoms with Crippen molar-refractivity contribution < 1.29 is 14.2 Å². The first-order valence-electron chi connectivity index (χ1n) is 10.9. The number of nitrogen functional groups attached to an aromatic ring is 1. The van der Waals surface area contributed by atoms with Crippen LogP contribution in [0.4, 0.5) is 11.5 Å². The van der Waals surface area contributed by atoms with Crippen molar-refractivity contribution in [2.24, 2.45) is 5.10 Å². The molecule has 0 aliphatic heterocycles. The molecule has 4 aromatic rings. The van der Waals surface area contributed by atoms with Crippen LogP contribution in [-0.4, -0.2) is 57.6 Å². The smallest absolute Gasteiger partial charge is 0.294 e. The number of nitrogens with one attached hydrogen (secondary N) is 1. The SMILES string of the molecule is CCN(CC)c1ccc(C=NNC(=O)c2nnn(-c3nonc3N)c2-c2cccc(OC)c2)cc1. The van der Waals surface area contributed by atoms with E-state index in [4.69, 9.17) is 15.1 Å². The molecule has 0 aliphatic carbocycles. The Labute approximate surface area is 201 Å². The Kier molecular flexibility index (Phi) is 7.00. The van der Waals surface area contributed by atoms with Crippen LogP contribution >= 0.6 is 0 Å². The molecule has 2 aromatic carbocycles. The van der Waals surface area contributed by atoms with Crippen LogP contribution in [0, 0.1) is 0 Å². The van der Waals surface area contributed by atoms with E-state index in [0.717, 1.165) is 24.3 Å². The number of hydrogen-bond acceptors (Lipinski definition) is 10. The van der Waals surface area contributed by atoms with Crippen molar-refractivity contribution in [1.29, 1.82) is 0 Å². The maximum absolute atomic E-state index is 13.0. The first kappa shape index (κ1) is 23.4. The maximum Gasteiger partial charge on any atom is 0.294 e. The fourth-order valence-electron chi connectivity index (χ4n) is 3.53. The quantitative estimate of drug-likeness (QED) is 0.275. The number of carbonyl (C=O) groups excluding carboxylic acids is 1. The van der Waals surface area contributed by atoms with E-state index < -0.39 is 5.91 Å². The summed E-state index contributed by atoms with van der Waals surface area (Å²) in [4.78, 5) is 15.2. The number of ether oxygens (including phenoxy) is 1. The molecular formula is C23H25N9O3. The lowest BCUT2D eigenvalue weighted by Crippen LogP contribution is -2.21. The second kappa shape index (κ2) is 10.5. The summed E-state index contributed by atoms with van der Waals surface area (Å²) in [6, 6.07) is 15.0. The monoisotopic (exact) mass is 475 g/mol. The predicted octanol–water partition coefficient (Wildman–Crippen LogP) is 2.52. The number of nitrogens with two attached hydrogens (primary N) is 1. The molecule has 0 spiro atoms. The van der Waals surface area contributed by atoms with Crippen LogP contribution in [0.3, 0.4) is 0 Å². The van der Waals surface area contributed by atoms with E-state index in [1.807, 2.05) is 24.3 Å². The summed E-state index contributed by atoms with van der Waals surface area (Å²) >= 11 is 0. The number of hydrogen-bond donors (Lipinski definition) is 2. The first-order valence-corrected chi connectivity index (χ1v) is 10.9. The third-order valence-electron chi connectivity index (χ3n) is 5.33. The number of benzene rings is 2. The highest BCUT2D eigenvalue weighted by Crippen LogP contribution is 2.29. The van der Waals surface area contributed by atoms with Crippen LogP contribution < -0.4 is 20.8 Å². The molecule has 0 fully saturated rings. The van der Waals surface area contributed by atoms with E-state index in [-0.39, 0.29) is 17.3 Å². The molecule has 180 valence electrons. The van der Waals surface area contributed by atoms with Gasteiger partial charge in [0.15, 0.2) is 5.69 Å². The summed E-state index contributed by atoms with van der Waals surface area (Å²) in [6.07, 6.45) is 1.55. The summed E-state index contributed by atoms with van der Waals surface area (Å²) in [7, 11) is 1.55. The van der Waals surface area contributed by atoms with Gasteiger partial charge in [-0.15, -0.1) is 5.10 Å².